The fourth-order valence-electron chi connectivity index (χ4n) is 1.98. The quantitative estimate of drug-likeness (QED) is 0.606. The van der Waals surface area contributed by atoms with E-state index < -0.39 is 5.97 Å². The summed E-state index contributed by atoms with van der Waals surface area (Å²) < 4.78 is 11.2. The molecule has 27 heavy (non-hydrogen) atoms. The Balaban J connectivity index is 0.000000828. The van der Waals surface area contributed by atoms with Gasteiger partial charge in [0.15, 0.2) is 6.23 Å². The molecule has 6 heteroatoms. The van der Waals surface area contributed by atoms with Gasteiger partial charge in [-0.1, -0.05) is 30.3 Å². The van der Waals surface area contributed by atoms with Crippen molar-refractivity contribution in [1.82, 2.24) is 4.90 Å². The Morgan fingerprint density at radius 3 is 2.07 bits per heavy atom. The van der Waals surface area contributed by atoms with Crippen LogP contribution in [0.1, 0.15) is 32.3 Å². The molecular formula is C21H27NO5. The van der Waals surface area contributed by atoms with Gasteiger partial charge in [-0.15, -0.1) is 0 Å². The van der Waals surface area contributed by atoms with Crippen LogP contribution in [0, 0.1) is 0 Å². The molecule has 0 amide bonds. The van der Waals surface area contributed by atoms with Crippen LogP contribution in [0.4, 0.5) is 0 Å². The number of hydrogen-bond donors (Lipinski definition) is 1. The van der Waals surface area contributed by atoms with Gasteiger partial charge in [0, 0.05) is 6.92 Å². The Bertz CT molecular complexity index is 726. The van der Waals surface area contributed by atoms with Crippen molar-refractivity contribution in [2.24, 2.45) is 0 Å². The predicted molar refractivity (Wildman–Crippen MR) is 104 cm³/mol. The molecule has 0 radical (unpaired) electrons. The lowest BCUT2D eigenvalue weighted by molar-refractivity contribution is -0.156. The molecule has 0 bridgehead atoms. The lowest BCUT2D eigenvalue weighted by Crippen LogP contribution is -2.31. The summed E-state index contributed by atoms with van der Waals surface area (Å²) in [4.78, 5) is 23.1. The van der Waals surface area contributed by atoms with Crippen molar-refractivity contribution in [1.29, 1.82) is 0 Å². The van der Waals surface area contributed by atoms with E-state index in [9.17, 15) is 4.79 Å². The number of ether oxygens (including phenoxy) is 2. The van der Waals surface area contributed by atoms with Crippen LogP contribution in [0.5, 0.6) is 11.5 Å². The molecular weight excluding hydrogens is 346 g/mol. The molecule has 0 aliphatic carbocycles. The number of benzene rings is 2. The summed E-state index contributed by atoms with van der Waals surface area (Å²) in [5, 5.41) is 7.42. The van der Waals surface area contributed by atoms with Crippen molar-refractivity contribution in [3.63, 3.8) is 0 Å². The molecule has 0 saturated heterocycles. The van der Waals surface area contributed by atoms with E-state index in [2.05, 4.69) is 0 Å². The molecule has 0 saturated carbocycles. The highest BCUT2D eigenvalue weighted by molar-refractivity contribution is 5.78. The van der Waals surface area contributed by atoms with E-state index in [1.54, 1.807) is 0 Å². The number of para-hydroxylation sites is 1. The van der Waals surface area contributed by atoms with Gasteiger partial charge in [-0.25, -0.2) is 0 Å². The third-order valence-electron chi connectivity index (χ3n) is 3.70. The Morgan fingerprint density at radius 2 is 1.52 bits per heavy atom. The first kappa shape index (κ1) is 22.2. The lowest BCUT2D eigenvalue weighted by atomic mass is 10.0. The first-order valence-electron chi connectivity index (χ1n) is 8.60. The number of carboxylic acid groups (broad SMARTS) is 1. The molecule has 0 aliphatic heterocycles. The number of carbonyl (C=O) groups excluding carboxylic acids is 1. The van der Waals surface area contributed by atoms with Gasteiger partial charge in [0.05, 0.1) is 5.92 Å². The Hall–Kier alpha value is -2.86. The Labute approximate surface area is 160 Å². The van der Waals surface area contributed by atoms with Crippen molar-refractivity contribution in [2.75, 3.05) is 14.1 Å². The van der Waals surface area contributed by atoms with Crippen LogP contribution < -0.4 is 4.74 Å². The van der Waals surface area contributed by atoms with E-state index in [1.807, 2.05) is 87.4 Å². The molecule has 2 rings (SSSR count). The predicted octanol–water partition coefficient (Wildman–Crippen LogP) is 4.12. The second-order valence-corrected chi connectivity index (χ2v) is 6.23. The third kappa shape index (κ3) is 8.37. The number of nitrogens with zero attached hydrogens (tertiary/aromatic N) is 1. The number of rotatable bonds is 6. The molecule has 2 aromatic carbocycles. The Kier molecular flexibility index (Phi) is 9.02. The number of aliphatic carboxylic acids is 1. The van der Waals surface area contributed by atoms with Crippen LogP contribution in [-0.2, 0) is 14.3 Å². The number of carbonyl (C=O) groups is 2. The molecule has 6 nitrogen and oxygen atoms in total. The molecule has 0 aliphatic rings. The molecule has 2 aromatic rings. The molecule has 2 atom stereocenters. The highest BCUT2D eigenvalue weighted by atomic mass is 16.6. The van der Waals surface area contributed by atoms with Crippen molar-refractivity contribution in [2.45, 2.75) is 32.9 Å². The van der Waals surface area contributed by atoms with Gasteiger partial charge in [-0.2, -0.15) is 0 Å². The van der Waals surface area contributed by atoms with Gasteiger partial charge in [-0.05, 0) is 57.8 Å². The van der Waals surface area contributed by atoms with E-state index >= 15 is 0 Å². The molecule has 146 valence electrons. The first-order valence-corrected chi connectivity index (χ1v) is 8.60. The maximum absolute atomic E-state index is 12.2. The minimum atomic E-state index is -0.833. The minimum Gasteiger partial charge on any atom is -0.481 e. The molecule has 0 fully saturated rings. The van der Waals surface area contributed by atoms with Crippen LogP contribution in [0.25, 0.3) is 0 Å². The zero-order valence-electron chi connectivity index (χ0n) is 16.4. The normalized spacial score (nSPS) is 12.4. The first-order chi connectivity index (χ1) is 12.7. The zero-order valence-corrected chi connectivity index (χ0v) is 16.4. The topological polar surface area (TPSA) is 76.1 Å². The average Bonchev–Trinajstić information content (AvgIpc) is 2.61. The number of esters is 1. The summed E-state index contributed by atoms with van der Waals surface area (Å²) in [6, 6.07) is 17.1. The fourth-order valence-corrected chi connectivity index (χ4v) is 1.98. The SMILES string of the molecule is CC(=O)O.CC(C(=O)OC(C)N(C)C)c1cccc(Oc2ccccc2)c1. The fraction of sp³-hybridized carbons (Fsp3) is 0.333. The highest BCUT2D eigenvalue weighted by Crippen LogP contribution is 2.26. The smallest absolute Gasteiger partial charge is 0.314 e. The summed E-state index contributed by atoms with van der Waals surface area (Å²) in [5.74, 6) is 0.0369. The summed E-state index contributed by atoms with van der Waals surface area (Å²) in [7, 11) is 3.74. The van der Waals surface area contributed by atoms with E-state index in [0.29, 0.717) is 5.75 Å². The zero-order chi connectivity index (χ0) is 20.4. The van der Waals surface area contributed by atoms with E-state index in [1.165, 1.54) is 0 Å². The molecule has 0 spiro atoms. The molecule has 0 aromatic heterocycles. The molecule has 2 unspecified atom stereocenters. The summed E-state index contributed by atoms with van der Waals surface area (Å²) in [5.41, 5.74) is 0.870. The largest absolute Gasteiger partial charge is 0.481 e. The standard InChI is InChI=1S/C19H23NO3.C2H4O2/c1-14(19(21)22-15(2)20(3)4)16-9-8-12-18(13-16)23-17-10-6-5-7-11-17;1-2(3)4/h5-15H,1-4H3;1H3,(H,3,4). The molecule has 1 N–H and O–H groups in total. The van der Waals surface area contributed by atoms with E-state index in [4.69, 9.17) is 19.4 Å². The van der Waals surface area contributed by atoms with E-state index in [-0.39, 0.29) is 18.1 Å². The van der Waals surface area contributed by atoms with Crippen molar-refractivity contribution < 1.29 is 24.2 Å². The Morgan fingerprint density at radius 1 is 0.963 bits per heavy atom. The van der Waals surface area contributed by atoms with Crippen molar-refractivity contribution in [3.8, 4) is 11.5 Å². The lowest BCUT2D eigenvalue weighted by Gasteiger charge is -2.22. The second-order valence-electron chi connectivity index (χ2n) is 6.23. The highest BCUT2D eigenvalue weighted by Gasteiger charge is 2.20. The monoisotopic (exact) mass is 373 g/mol. The second kappa shape index (κ2) is 11.0. The minimum absolute atomic E-state index is 0.247. The van der Waals surface area contributed by atoms with Gasteiger partial charge >= 0.3 is 5.97 Å². The van der Waals surface area contributed by atoms with Gasteiger partial charge in [0.25, 0.3) is 5.97 Å². The van der Waals surface area contributed by atoms with Crippen molar-refractivity contribution in [3.05, 3.63) is 60.2 Å². The average molecular weight is 373 g/mol. The third-order valence-corrected chi connectivity index (χ3v) is 3.70. The number of carboxylic acids is 1. The van der Waals surface area contributed by atoms with Gasteiger partial charge < -0.3 is 14.6 Å². The van der Waals surface area contributed by atoms with Crippen LogP contribution >= 0.6 is 0 Å². The maximum atomic E-state index is 12.2. The van der Waals surface area contributed by atoms with Crippen LogP contribution in [-0.4, -0.2) is 42.3 Å². The van der Waals surface area contributed by atoms with Crippen LogP contribution in [0.15, 0.2) is 54.6 Å². The van der Waals surface area contributed by atoms with E-state index in [0.717, 1.165) is 18.2 Å². The number of hydrogen-bond acceptors (Lipinski definition) is 5. The van der Waals surface area contributed by atoms with Crippen molar-refractivity contribution >= 4 is 11.9 Å². The summed E-state index contributed by atoms with van der Waals surface area (Å²) in [6.45, 7) is 4.77. The van der Waals surface area contributed by atoms with Gasteiger partial charge in [0.2, 0.25) is 0 Å². The van der Waals surface area contributed by atoms with Gasteiger partial charge in [0.1, 0.15) is 11.5 Å². The summed E-state index contributed by atoms with van der Waals surface area (Å²) >= 11 is 0. The molecule has 0 heterocycles. The van der Waals surface area contributed by atoms with Crippen LogP contribution in [0.3, 0.4) is 0 Å². The van der Waals surface area contributed by atoms with Crippen LogP contribution in [0.2, 0.25) is 0 Å². The summed E-state index contributed by atoms with van der Waals surface area (Å²) in [6.07, 6.45) is -0.256. The van der Waals surface area contributed by atoms with Gasteiger partial charge in [-0.3, -0.25) is 14.5 Å². The maximum Gasteiger partial charge on any atom is 0.314 e.